The molecule has 0 bridgehead atoms. The van der Waals surface area contributed by atoms with Crippen molar-refractivity contribution >= 4 is 5.78 Å². The highest BCUT2D eigenvalue weighted by atomic mass is 19.4. The molecule has 9 heteroatoms. The molecule has 2 fully saturated rings. The fraction of sp³-hybridized carbons (Fsp3) is 0.759. The number of hydrogen-bond donors (Lipinski definition) is 1. The van der Waals surface area contributed by atoms with Crippen LogP contribution in [0.4, 0.5) is 26.3 Å². The third-order valence-electron chi connectivity index (χ3n) is 9.60. The Morgan fingerprint density at radius 2 is 1.79 bits per heavy atom. The number of carbonyl (C=O) groups excluding carboxylic acids is 1. The van der Waals surface area contributed by atoms with E-state index < -0.39 is 30.1 Å². The van der Waals surface area contributed by atoms with Crippen LogP contribution in [-0.2, 0) is 11.2 Å². The maximum absolute atomic E-state index is 15.8. The number of ketones is 1. The first kappa shape index (κ1) is 29.2. The SMILES string of the molecule is CN(CCCCCC1Cc2cc(O)ccc2[C@H]2C(F)C[C@]3(C)C(=O)CC[C@H]3[C@H]12)CCCC(F)(F)C(F)(F)F. The second kappa shape index (κ2) is 11.0. The normalized spacial score (nSPS) is 31.3. The zero-order chi connectivity index (χ0) is 27.9. The number of rotatable bonds is 10. The number of halogens is 6. The predicted molar refractivity (Wildman–Crippen MR) is 133 cm³/mol. The fourth-order valence-corrected chi connectivity index (χ4v) is 7.62. The molecule has 38 heavy (non-hydrogen) atoms. The molecule has 0 spiro atoms. The minimum absolute atomic E-state index is 0.0743. The molecule has 0 heterocycles. The lowest BCUT2D eigenvalue weighted by molar-refractivity contribution is -0.284. The van der Waals surface area contributed by atoms with E-state index in [2.05, 4.69) is 0 Å². The summed E-state index contributed by atoms with van der Waals surface area (Å²) in [7, 11) is 1.72. The van der Waals surface area contributed by atoms with Gasteiger partial charge in [0, 0.05) is 24.2 Å². The number of benzene rings is 1. The van der Waals surface area contributed by atoms with Crippen LogP contribution in [0.15, 0.2) is 18.2 Å². The number of fused-ring (bicyclic) bond motifs is 5. The predicted octanol–water partition coefficient (Wildman–Crippen LogP) is 7.46. The van der Waals surface area contributed by atoms with E-state index in [4.69, 9.17) is 0 Å². The molecule has 3 nitrogen and oxygen atoms in total. The molecule has 0 saturated heterocycles. The summed E-state index contributed by atoms with van der Waals surface area (Å²) in [5.41, 5.74) is 1.34. The van der Waals surface area contributed by atoms with E-state index in [-0.39, 0.29) is 54.6 Å². The molecule has 2 saturated carbocycles. The summed E-state index contributed by atoms with van der Waals surface area (Å²) in [4.78, 5) is 14.6. The van der Waals surface area contributed by atoms with Crippen LogP contribution < -0.4 is 0 Å². The molecule has 3 aliphatic carbocycles. The number of unbranched alkanes of at least 4 members (excludes halogenated alkanes) is 2. The third kappa shape index (κ3) is 5.73. The van der Waals surface area contributed by atoms with Crippen LogP contribution in [0, 0.1) is 23.2 Å². The summed E-state index contributed by atoms with van der Waals surface area (Å²) < 4.78 is 78.9. The fourth-order valence-electron chi connectivity index (χ4n) is 7.62. The van der Waals surface area contributed by atoms with Gasteiger partial charge in [-0.05, 0) is 99.7 Å². The van der Waals surface area contributed by atoms with Crippen molar-refractivity contribution in [2.24, 2.45) is 23.2 Å². The van der Waals surface area contributed by atoms with E-state index in [1.807, 2.05) is 13.0 Å². The average molecular weight is 548 g/mol. The van der Waals surface area contributed by atoms with Crippen molar-refractivity contribution in [2.45, 2.75) is 95.3 Å². The lowest BCUT2D eigenvalue weighted by Crippen LogP contribution is -2.50. The monoisotopic (exact) mass is 547 g/mol. The molecule has 0 aromatic heterocycles. The van der Waals surface area contributed by atoms with Gasteiger partial charge in [0.1, 0.15) is 17.7 Å². The molecule has 3 aliphatic rings. The maximum Gasteiger partial charge on any atom is 0.453 e. The molecular weight excluding hydrogens is 508 g/mol. The number of alkyl halides is 6. The van der Waals surface area contributed by atoms with Gasteiger partial charge in [-0.25, -0.2) is 4.39 Å². The molecule has 0 amide bonds. The van der Waals surface area contributed by atoms with Gasteiger partial charge in [-0.2, -0.15) is 22.0 Å². The highest BCUT2D eigenvalue weighted by Gasteiger charge is 2.60. The van der Waals surface area contributed by atoms with E-state index in [1.54, 1.807) is 24.1 Å². The summed E-state index contributed by atoms with van der Waals surface area (Å²) in [6, 6.07) is 5.22. The van der Waals surface area contributed by atoms with Gasteiger partial charge in [0.15, 0.2) is 0 Å². The smallest absolute Gasteiger partial charge is 0.453 e. The quantitative estimate of drug-likeness (QED) is 0.244. The Labute approximate surface area is 221 Å². The number of nitrogens with zero attached hydrogens (tertiary/aromatic N) is 1. The molecule has 1 aromatic carbocycles. The summed E-state index contributed by atoms with van der Waals surface area (Å²) >= 11 is 0. The number of phenols is 1. The van der Waals surface area contributed by atoms with Crippen LogP contribution in [0.1, 0.15) is 81.8 Å². The number of phenolic OH excluding ortho intramolecular Hbond substituents is 1. The van der Waals surface area contributed by atoms with Crippen molar-refractivity contribution in [1.82, 2.24) is 4.90 Å². The van der Waals surface area contributed by atoms with Gasteiger partial charge in [0.25, 0.3) is 0 Å². The zero-order valence-corrected chi connectivity index (χ0v) is 22.2. The summed E-state index contributed by atoms with van der Waals surface area (Å²) in [5, 5.41) is 10.1. The van der Waals surface area contributed by atoms with Crippen LogP contribution in [0.25, 0.3) is 0 Å². The van der Waals surface area contributed by atoms with Gasteiger partial charge in [0.05, 0.1) is 0 Å². The van der Waals surface area contributed by atoms with Crippen molar-refractivity contribution in [3.63, 3.8) is 0 Å². The van der Waals surface area contributed by atoms with E-state index in [1.165, 1.54) is 0 Å². The number of hydrogen-bond acceptors (Lipinski definition) is 3. The van der Waals surface area contributed by atoms with Crippen LogP contribution in [0.5, 0.6) is 5.75 Å². The first-order valence-electron chi connectivity index (χ1n) is 13.9. The van der Waals surface area contributed by atoms with Gasteiger partial charge in [-0.1, -0.05) is 25.8 Å². The van der Waals surface area contributed by atoms with Gasteiger partial charge >= 0.3 is 12.1 Å². The lowest BCUT2D eigenvalue weighted by atomic mass is 9.51. The zero-order valence-electron chi connectivity index (χ0n) is 22.2. The minimum Gasteiger partial charge on any atom is -0.508 e. The summed E-state index contributed by atoms with van der Waals surface area (Å²) in [5.74, 6) is -4.15. The van der Waals surface area contributed by atoms with Crippen molar-refractivity contribution in [1.29, 1.82) is 0 Å². The van der Waals surface area contributed by atoms with E-state index in [9.17, 15) is 31.9 Å². The number of aromatic hydroxyl groups is 1. The Bertz CT molecular complexity index is 998. The van der Waals surface area contributed by atoms with E-state index >= 15 is 4.39 Å². The Kier molecular flexibility index (Phi) is 8.47. The van der Waals surface area contributed by atoms with Crippen LogP contribution in [-0.4, -0.2) is 54.2 Å². The topological polar surface area (TPSA) is 40.5 Å². The number of carbonyl (C=O) groups is 1. The highest BCUT2D eigenvalue weighted by molar-refractivity contribution is 5.87. The molecule has 1 N–H and O–H groups in total. The van der Waals surface area contributed by atoms with Crippen molar-refractivity contribution in [2.75, 3.05) is 20.1 Å². The molecular formula is C29H39F6NO2. The first-order chi connectivity index (χ1) is 17.7. The second-order valence-electron chi connectivity index (χ2n) is 12.1. The number of Topliss-reactive ketones (excluding diaryl/α,β-unsaturated/α-hetero) is 1. The standard InChI is InChI=1S/C29H39F6NO2/c1-27-17-23(30)26-21-9-8-20(37)16-19(21)15-18(25(26)22(27)10-11-24(27)38)7-4-3-5-13-36(2)14-6-12-28(31,32)29(33,34)35/h8-9,16,18,22-23,25-26,37H,3-7,10-15,17H2,1-2H3/t18?,22-,23?,25-,26-,27-/m0/s1. The Morgan fingerprint density at radius 3 is 2.50 bits per heavy atom. The van der Waals surface area contributed by atoms with Crippen molar-refractivity contribution < 1.29 is 36.2 Å². The Morgan fingerprint density at radius 1 is 1.08 bits per heavy atom. The maximum atomic E-state index is 15.8. The van der Waals surface area contributed by atoms with Crippen molar-refractivity contribution in [3.05, 3.63) is 29.3 Å². The average Bonchev–Trinajstić information content (AvgIpc) is 3.11. The van der Waals surface area contributed by atoms with Crippen LogP contribution in [0.2, 0.25) is 0 Å². The van der Waals surface area contributed by atoms with Crippen molar-refractivity contribution in [3.8, 4) is 5.75 Å². The molecule has 0 aliphatic heterocycles. The van der Waals surface area contributed by atoms with E-state index in [0.29, 0.717) is 13.0 Å². The molecule has 6 atom stereocenters. The first-order valence-corrected chi connectivity index (χ1v) is 13.9. The minimum atomic E-state index is -5.51. The van der Waals surface area contributed by atoms with Gasteiger partial charge in [-0.15, -0.1) is 0 Å². The van der Waals surface area contributed by atoms with E-state index in [0.717, 1.165) is 49.7 Å². The van der Waals surface area contributed by atoms with Gasteiger partial charge in [0.2, 0.25) is 0 Å². The largest absolute Gasteiger partial charge is 0.508 e. The van der Waals surface area contributed by atoms with Gasteiger partial charge in [-0.3, -0.25) is 4.79 Å². The Balaban J connectivity index is 1.33. The molecule has 2 unspecified atom stereocenters. The molecule has 4 rings (SSSR count). The summed E-state index contributed by atoms with van der Waals surface area (Å²) in [6.45, 7) is 2.72. The molecule has 0 radical (unpaired) electrons. The lowest BCUT2D eigenvalue weighted by Gasteiger charge is -2.53. The molecule has 1 aromatic rings. The summed E-state index contributed by atoms with van der Waals surface area (Å²) in [6.07, 6.45) is -2.35. The highest BCUT2D eigenvalue weighted by Crippen LogP contribution is 2.62. The van der Waals surface area contributed by atoms with Crippen LogP contribution in [0.3, 0.4) is 0 Å². The third-order valence-corrected chi connectivity index (χ3v) is 9.60. The Hall–Kier alpha value is -1.77. The molecule has 214 valence electrons. The second-order valence-corrected chi connectivity index (χ2v) is 12.1. The van der Waals surface area contributed by atoms with Gasteiger partial charge < -0.3 is 10.0 Å². The van der Waals surface area contributed by atoms with Crippen LogP contribution >= 0.6 is 0 Å².